The van der Waals surface area contributed by atoms with Crippen molar-refractivity contribution in [3.05, 3.63) is 0 Å². The predicted molar refractivity (Wildman–Crippen MR) is 89.4 cm³/mol. The number of halogens is 1. The lowest BCUT2D eigenvalue weighted by molar-refractivity contribution is -0.138. The van der Waals surface area contributed by atoms with Crippen molar-refractivity contribution in [2.75, 3.05) is 0 Å². The van der Waals surface area contributed by atoms with Gasteiger partial charge in [0.25, 0.3) is 0 Å². The van der Waals surface area contributed by atoms with Gasteiger partial charge in [-0.25, -0.2) is 0 Å². The highest BCUT2D eigenvalue weighted by Gasteiger charge is 2.59. The number of Topliss-reactive ketones (excluding diaryl/α,β-unsaturated/α-hetero) is 1. The van der Waals surface area contributed by atoms with E-state index in [1.165, 1.54) is 51.4 Å². The topological polar surface area (TPSA) is 17.1 Å². The Morgan fingerprint density at radius 3 is 2.62 bits per heavy atom. The summed E-state index contributed by atoms with van der Waals surface area (Å²) in [6.07, 6.45) is 11.5. The highest BCUT2D eigenvalue weighted by atomic mass is 79.9. The van der Waals surface area contributed by atoms with Gasteiger partial charge in [0.2, 0.25) is 0 Å². The van der Waals surface area contributed by atoms with E-state index in [-0.39, 0.29) is 5.41 Å². The Balaban J connectivity index is 1.64. The molecule has 0 radical (unpaired) electrons. The van der Waals surface area contributed by atoms with Crippen molar-refractivity contribution in [1.29, 1.82) is 0 Å². The van der Waals surface area contributed by atoms with E-state index in [0.717, 1.165) is 29.0 Å². The fraction of sp³-hybridized carbons (Fsp3) is 0.947. The molecule has 118 valence electrons. The highest BCUT2D eigenvalue weighted by molar-refractivity contribution is 9.09. The molecule has 4 fully saturated rings. The summed E-state index contributed by atoms with van der Waals surface area (Å²) in [4.78, 5) is 13.2. The minimum Gasteiger partial charge on any atom is -0.299 e. The SMILES string of the molecule is C[C@]12CC[C@H](Br)C[C@@H]1CC[C@@H]1[C@@H]2CC[C@]2(C)C(=O)CC[C@@H]12. The first-order chi connectivity index (χ1) is 9.95. The van der Waals surface area contributed by atoms with Crippen LogP contribution in [-0.2, 0) is 4.79 Å². The summed E-state index contributed by atoms with van der Waals surface area (Å²) in [5.74, 6) is 3.98. The Morgan fingerprint density at radius 2 is 1.81 bits per heavy atom. The maximum atomic E-state index is 12.4. The molecule has 4 saturated carbocycles. The Morgan fingerprint density at radius 1 is 1.00 bits per heavy atom. The second-order valence-electron chi connectivity index (χ2n) is 8.95. The van der Waals surface area contributed by atoms with Crippen molar-refractivity contribution in [1.82, 2.24) is 0 Å². The summed E-state index contributed by atoms with van der Waals surface area (Å²) < 4.78 is 0. The fourth-order valence-corrected chi connectivity index (χ4v) is 7.66. The van der Waals surface area contributed by atoms with Gasteiger partial charge in [0.1, 0.15) is 5.78 Å². The van der Waals surface area contributed by atoms with Gasteiger partial charge in [0.05, 0.1) is 0 Å². The summed E-state index contributed by atoms with van der Waals surface area (Å²) in [5, 5.41) is 0. The number of rotatable bonds is 0. The van der Waals surface area contributed by atoms with Gasteiger partial charge in [-0.3, -0.25) is 4.79 Å². The maximum absolute atomic E-state index is 12.4. The molecule has 4 aliphatic carbocycles. The van der Waals surface area contributed by atoms with Crippen LogP contribution in [0.25, 0.3) is 0 Å². The van der Waals surface area contributed by atoms with E-state index in [1.807, 2.05) is 0 Å². The third-order valence-electron chi connectivity index (χ3n) is 8.31. The zero-order chi connectivity index (χ0) is 14.8. The van der Waals surface area contributed by atoms with Gasteiger partial charge in [-0.1, -0.05) is 29.8 Å². The average Bonchev–Trinajstić information content (AvgIpc) is 2.76. The molecule has 7 atom stereocenters. The maximum Gasteiger partial charge on any atom is 0.139 e. The van der Waals surface area contributed by atoms with Crippen LogP contribution in [0.5, 0.6) is 0 Å². The van der Waals surface area contributed by atoms with Gasteiger partial charge >= 0.3 is 0 Å². The summed E-state index contributed by atoms with van der Waals surface area (Å²) >= 11 is 3.88. The van der Waals surface area contributed by atoms with Gasteiger partial charge in [-0.15, -0.1) is 0 Å². The van der Waals surface area contributed by atoms with Crippen LogP contribution in [0.4, 0.5) is 0 Å². The molecule has 0 heterocycles. The molecule has 0 aromatic rings. The van der Waals surface area contributed by atoms with Crippen LogP contribution >= 0.6 is 15.9 Å². The first kappa shape index (κ1) is 14.7. The van der Waals surface area contributed by atoms with Crippen LogP contribution < -0.4 is 0 Å². The normalized spacial score (nSPS) is 56.5. The van der Waals surface area contributed by atoms with E-state index in [1.54, 1.807) is 0 Å². The molecule has 1 nitrogen and oxygen atoms in total. The van der Waals surface area contributed by atoms with Crippen LogP contribution in [0.15, 0.2) is 0 Å². The first-order valence-electron chi connectivity index (χ1n) is 9.12. The van der Waals surface area contributed by atoms with Gasteiger partial charge in [-0.05, 0) is 80.5 Å². The molecule has 0 amide bonds. The average molecular weight is 353 g/mol. The van der Waals surface area contributed by atoms with Gasteiger partial charge in [0, 0.05) is 16.7 Å². The number of hydrogen-bond acceptors (Lipinski definition) is 1. The van der Waals surface area contributed by atoms with Crippen LogP contribution in [0.3, 0.4) is 0 Å². The molecular formula is C19H29BrO. The third kappa shape index (κ3) is 1.96. The molecule has 21 heavy (non-hydrogen) atoms. The molecule has 0 aliphatic heterocycles. The lowest BCUT2D eigenvalue weighted by atomic mass is 9.45. The van der Waals surface area contributed by atoms with E-state index in [2.05, 4.69) is 29.8 Å². The molecule has 0 spiro atoms. The molecule has 2 heteroatoms. The smallest absolute Gasteiger partial charge is 0.139 e. The highest BCUT2D eigenvalue weighted by Crippen LogP contribution is 2.65. The minimum atomic E-state index is 0.0526. The van der Waals surface area contributed by atoms with Crippen molar-refractivity contribution in [2.45, 2.75) is 76.5 Å². The lowest BCUT2D eigenvalue weighted by Gasteiger charge is -2.60. The molecule has 0 aromatic heterocycles. The zero-order valence-electron chi connectivity index (χ0n) is 13.5. The summed E-state index contributed by atoms with van der Waals surface area (Å²) in [7, 11) is 0. The van der Waals surface area contributed by atoms with Crippen molar-refractivity contribution >= 4 is 21.7 Å². The van der Waals surface area contributed by atoms with Crippen molar-refractivity contribution in [3.8, 4) is 0 Å². The molecule has 0 saturated heterocycles. The molecule has 0 aromatic carbocycles. The molecule has 0 bridgehead atoms. The predicted octanol–water partition coefficient (Wildman–Crippen LogP) is 5.36. The Bertz CT molecular complexity index is 460. The molecule has 0 N–H and O–H groups in total. The molecular weight excluding hydrogens is 324 g/mol. The largest absolute Gasteiger partial charge is 0.299 e. The van der Waals surface area contributed by atoms with Gasteiger partial charge < -0.3 is 0 Å². The number of carbonyl (C=O) groups is 1. The van der Waals surface area contributed by atoms with E-state index < -0.39 is 0 Å². The number of hydrogen-bond donors (Lipinski definition) is 0. The Hall–Kier alpha value is 0.150. The number of alkyl halides is 1. The minimum absolute atomic E-state index is 0.0526. The van der Waals surface area contributed by atoms with E-state index >= 15 is 0 Å². The van der Waals surface area contributed by atoms with Crippen molar-refractivity contribution < 1.29 is 4.79 Å². The van der Waals surface area contributed by atoms with E-state index in [9.17, 15) is 4.79 Å². The summed E-state index contributed by atoms with van der Waals surface area (Å²) in [6, 6.07) is 0. The molecule has 4 rings (SSSR count). The van der Waals surface area contributed by atoms with E-state index in [4.69, 9.17) is 0 Å². The number of ketones is 1. The van der Waals surface area contributed by atoms with Crippen molar-refractivity contribution in [3.63, 3.8) is 0 Å². The molecule has 4 aliphatic rings. The quantitative estimate of drug-likeness (QED) is 0.536. The van der Waals surface area contributed by atoms with Gasteiger partial charge in [-0.2, -0.15) is 0 Å². The van der Waals surface area contributed by atoms with Crippen LogP contribution in [-0.4, -0.2) is 10.6 Å². The Labute approximate surface area is 137 Å². The molecule has 0 unspecified atom stereocenters. The zero-order valence-corrected chi connectivity index (χ0v) is 15.1. The van der Waals surface area contributed by atoms with Crippen LogP contribution in [0.2, 0.25) is 0 Å². The number of fused-ring (bicyclic) bond motifs is 5. The second-order valence-corrected chi connectivity index (χ2v) is 10.2. The Kier molecular flexibility index (Phi) is 3.38. The third-order valence-corrected chi connectivity index (χ3v) is 9.14. The fourth-order valence-electron chi connectivity index (χ4n) is 6.98. The van der Waals surface area contributed by atoms with Gasteiger partial charge in [0.15, 0.2) is 0 Å². The van der Waals surface area contributed by atoms with Crippen LogP contribution in [0, 0.1) is 34.5 Å². The van der Waals surface area contributed by atoms with E-state index in [0.29, 0.717) is 17.1 Å². The standard InChI is InChI=1S/C19H29BrO/c1-18-9-7-13(20)11-12(18)3-4-14-15-5-6-17(21)19(15,2)10-8-16(14)18/h12-16H,3-11H2,1-2H3/t12-,13-,14-,15-,16-,18-,19-/m0/s1. The monoisotopic (exact) mass is 352 g/mol. The first-order valence-corrected chi connectivity index (χ1v) is 10.0. The number of carbonyl (C=O) groups excluding carboxylic acids is 1. The summed E-state index contributed by atoms with van der Waals surface area (Å²) in [6.45, 7) is 4.90. The second kappa shape index (κ2) is 4.82. The van der Waals surface area contributed by atoms with Crippen LogP contribution in [0.1, 0.15) is 71.6 Å². The van der Waals surface area contributed by atoms with Crippen molar-refractivity contribution in [2.24, 2.45) is 34.5 Å². The summed E-state index contributed by atoms with van der Waals surface area (Å²) in [5.41, 5.74) is 0.622. The lowest BCUT2D eigenvalue weighted by Crippen LogP contribution is -2.53.